The molecular formula is C12H13ClFN3O. The Morgan fingerprint density at radius 2 is 2.28 bits per heavy atom. The summed E-state index contributed by atoms with van der Waals surface area (Å²) in [5, 5.41) is 0. The van der Waals surface area contributed by atoms with Crippen LogP contribution in [0.15, 0.2) is 18.2 Å². The number of halogens is 2. The standard InChI is InChI=1S/C12H13ClFN3O/c13-7-12-16-9-4-3-8(14)6-10(9)17(12)5-1-2-11(15)18/h3-4,6H,1-2,5,7H2,(H2,15,18). The molecule has 1 heterocycles. The predicted molar refractivity (Wildman–Crippen MR) is 67.7 cm³/mol. The Bertz CT molecular complexity index is 582. The van der Waals surface area contributed by atoms with Crippen LogP contribution in [-0.4, -0.2) is 15.5 Å². The maximum Gasteiger partial charge on any atom is 0.217 e. The van der Waals surface area contributed by atoms with E-state index in [2.05, 4.69) is 4.98 Å². The average Bonchev–Trinajstić information content (AvgIpc) is 2.66. The monoisotopic (exact) mass is 269 g/mol. The first-order valence-electron chi connectivity index (χ1n) is 5.60. The SMILES string of the molecule is NC(=O)CCCn1c(CCl)nc2ccc(F)cc21. The van der Waals surface area contributed by atoms with E-state index in [1.54, 1.807) is 6.07 Å². The number of hydrogen-bond donors (Lipinski definition) is 1. The number of carbonyl (C=O) groups is 1. The number of hydrogen-bond acceptors (Lipinski definition) is 2. The number of primary amides is 1. The summed E-state index contributed by atoms with van der Waals surface area (Å²) < 4.78 is 15.1. The second-order valence-electron chi connectivity index (χ2n) is 4.02. The normalized spacial score (nSPS) is 11.0. The fraction of sp³-hybridized carbons (Fsp3) is 0.333. The molecule has 0 aliphatic rings. The van der Waals surface area contributed by atoms with Crippen LogP contribution in [0.1, 0.15) is 18.7 Å². The maximum absolute atomic E-state index is 13.2. The van der Waals surface area contributed by atoms with Crippen molar-refractivity contribution in [2.24, 2.45) is 5.73 Å². The van der Waals surface area contributed by atoms with Crippen LogP contribution in [0.2, 0.25) is 0 Å². The third-order valence-electron chi connectivity index (χ3n) is 2.71. The molecule has 1 aromatic heterocycles. The van der Waals surface area contributed by atoms with Crippen LogP contribution in [0.5, 0.6) is 0 Å². The summed E-state index contributed by atoms with van der Waals surface area (Å²) in [5.41, 5.74) is 6.48. The van der Waals surface area contributed by atoms with Crippen LogP contribution in [0, 0.1) is 5.82 Å². The third kappa shape index (κ3) is 2.61. The van der Waals surface area contributed by atoms with Gasteiger partial charge in [0, 0.05) is 13.0 Å². The van der Waals surface area contributed by atoms with Crippen LogP contribution >= 0.6 is 11.6 Å². The minimum Gasteiger partial charge on any atom is -0.370 e. The Kier molecular flexibility index (Phi) is 3.81. The van der Waals surface area contributed by atoms with Crippen molar-refractivity contribution in [3.05, 3.63) is 29.8 Å². The highest BCUT2D eigenvalue weighted by Gasteiger charge is 2.10. The number of alkyl halides is 1. The van der Waals surface area contributed by atoms with Gasteiger partial charge in [-0.1, -0.05) is 0 Å². The van der Waals surface area contributed by atoms with E-state index in [4.69, 9.17) is 17.3 Å². The van der Waals surface area contributed by atoms with Crippen molar-refractivity contribution in [2.75, 3.05) is 0 Å². The van der Waals surface area contributed by atoms with E-state index in [0.717, 1.165) is 0 Å². The second kappa shape index (κ2) is 5.35. The van der Waals surface area contributed by atoms with Gasteiger partial charge in [0.25, 0.3) is 0 Å². The van der Waals surface area contributed by atoms with Gasteiger partial charge >= 0.3 is 0 Å². The van der Waals surface area contributed by atoms with Crippen molar-refractivity contribution in [3.8, 4) is 0 Å². The van der Waals surface area contributed by atoms with Gasteiger partial charge in [-0.15, -0.1) is 11.6 Å². The summed E-state index contributed by atoms with van der Waals surface area (Å²) in [7, 11) is 0. The molecule has 2 rings (SSSR count). The molecule has 0 spiro atoms. The zero-order valence-electron chi connectivity index (χ0n) is 9.70. The Balaban J connectivity index is 2.33. The molecular weight excluding hydrogens is 257 g/mol. The van der Waals surface area contributed by atoms with Gasteiger partial charge in [0.05, 0.1) is 16.9 Å². The Labute approximate surface area is 109 Å². The molecule has 1 aromatic carbocycles. The van der Waals surface area contributed by atoms with E-state index >= 15 is 0 Å². The van der Waals surface area contributed by atoms with Crippen molar-refractivity contribution < 1.29 is 9.18 Å². The number of amides is 1. The van der Waals surface area contributed by atoms with Gasteiger partial charge in [-0.25, -0.2) is 9.37 Å². The van der Waals surface area contributed by atoms with Crippen molar-refractivity contribution >= 4 is 28.5 Å². The number of fused-ring (bicyclic) bond motifs is 1. The van der Waals surface area contributed by atoms with Gasteiger partial charge in [0.1, 0.15) is 11.6 Å². The van der Waals surface area contributed by atoms with E-state index in [1.807, 2.05) is 4.57 Å². The van der Waals surface area contributed by atoms with Gasteiger partial charge in [-0.3, -0.25) is 4.79 Å². The third-order valence-corrected chi connectivity index (χ3v) is 2.95. The summed E-state index contributed by atoms with van der Waals surface area (Å²) >= 11 is 5.82. The van der Waals surface area contributed by atoms with Crippen molar-refractivity contribution in [1.82, 2.24) is 9.55 Å². The smallest absolute Gasteiger partial charge is 0.217 e. The zero-order chi connectivity index (χ0) is 13.1. The first-order chi connectivity index (χ1) is 8.61. The van der Waals surface area contributed by atoms with Gasteiger partial charge in [0.2, 0.25) is 5.91 Å². The minimum atomic E-state index is -0.349. The first kappa shape index (κ1) is 12.8. The Morgan fingerprint density at radius 1 is 1.50 bits per heavy atom. The summed E-state index contributed by atoms with van der Waals surface area (Å²) in [6, 6.07) is 4.40. The van der Waals surface area contributed by atoms with Gasteiger partial charge in [0.15, 0.2) is 0 Å². The number of aryl methyl sites for hydroxylation is 1. The lowest BCUT2D eigenvalue weighted by molar-refractivity contribution is -0.118. The quantitative estimate of drug-likeness (QED) is 0.846. The molecule has 0 aliphatic heterocycles. The van der Waals surface area contributed by atoms with Crippen LogP contribution in [0.3, 0.4) is 0 Å². The molecule has 1 amide bonds. The van der Waals surface area contributed by atoms with Gasteiger partial charge in [-0.05, 0) is 24.6 Å². The van der Waals surface area contributed by atoms with Crippen LogP contribution in [-0.2, 0) is 17.2 Å². The number of imidazole rings is 1. The van der Waals surface area contributed by atoms with E-state index < -0.39 is 0 Å². The molecule has 0 bridgehead atoms. The van der Waals surface area contributed by atoms with Gasteiger partial charge in [-0.2, -0.15) is 0 Å². The highest BCUT2D eigenvalue weighted by atomic mass is 35.5. The van der Waals surface area contributed by atoms with Crippen molar-refractivity contribution in [3.63, 3.8) is 0 Å². The largest absolute Gasteiger partial charge is 0.370 e. The van der Waals surface area contributed by atoms with E-state index in [9.17, 15) is 9.18 Å². The number of nitrogens with zero attached hydrogens (tertiary/aromatic N) is 2. The van der Waals surface area contributed by atoms with Crippen LogP contribution < -0.4 is 5.73 Å². The van der Waals surface area contributed by atoms with Crippen LogP contribution in [0.4, 0.5) is 4.39 Å². The fourth-order valence-electron chi connectivity index (χ4n) is 1.91. The highest BCUT2D eigenvalue weighted by molar-refractivity contribution is 6.16. The van der Waals surface area contributed by atoms with Crippen molar-refractivity contribution in [2.45, 2.75) is 25.3 Å². The van der Waals surface area contributed by atoms with Crippen LogP contribution in [0.25, 0.3) is 11.0 Å². The lowest BCUT2D eigenvalue weighted by Crippen LogP contribution is -2.12. The Hall–Kier alpha value is -1.62. The van der Waals surface area contributed by atoms with E-state index in [0.29, 0.717) is 29.8 Å². The number of nitrogens with two attached hydrogens (primary N) is 1. The van der Waals surface area contributed by atoms with Gasteiger partial charge < -0.3 is 10.3 Å². The molecule has 18 heavy (non-hydrogen) atoms. The molecule has 2 N–H and O–H groups in total. The maximum atomic E-state index is 13.2. The second-order valence-corrected chi connectivity index (χ2v) is 4.28. The summed E-state index contributed by atoms with van der Waals surface area (Å²) in [5.74, 6) is 0.242. The summed E-state index contributed by atoms with van der Waals surface area (Å²) in [4.78, 5) is 15.0. The van der Waals surface area contributed by atoms with E-state index in [-0.39, 0.29) is 24.0 Å². The average molecular weight is 270 g/mol. The molecule has 4 nitrogen and oxygen atoms in total. The predicted octanol–water partition coefficient (Wildman–Crippen LogP) is 2.18. The topological polar surface area (TPSA) is 60.9 Å². The molecule has 0 atom stereocenters. The molecule has 0 aliphatic carbocycles. The number of rotatable bonds is 5. The van der Waals surface area contributed by atoms with E-state index in [1.165, 1.54) is 12.1 Å². The molecule has 0 fully saturated rings. The zero-order valence-corrected chi connectivity index (χ0v) is 10.5. The number of aromatic nitrogens is 2. The number of benzene rings is 1. The minimum absolute atomic E-state index is 0.243. The fourth-order valence-corrected chi connectivity index (χ4v) is 2.11. The van der Waals surface area contributed by atoms with Crippen molar-refractivity contribution in [1.29, 1.82) is 0 Å². The first-order valence-corrected chi connectivity index (χ1v) is 6.14. The molecule has 0 saturated carbocycles. The number of carbonyl (C=O) groups excluding carboxylic acids is 1. The molecule has 0 unspecified atom stereocenters. The molecule has 6 heteroatoms. The molecule has 0 radical (unpaired) electrons. The summed E-state index contributed by atoms with van der Waals surface area (Å²) in [6.07, 6.45) is 0.873. The lowest BCUT2D eigenvalue weighted by Gasteiger charge is -2.06. The lowest BCUT2D eigenvalue weighted by atomic mass is 10.2. The molecule has 0 saturated heterocycles. The Morgan fingerprint density at radius 3 is 2.94 bits per heavy atom. The summed E-state index contributed by atoms with van der Waals surface area (Å²) in [6.45, 7) is 0.547. The molecule has 2 aromatic rings. The molecule has 96 valence electrons. The highest BCUT2D eigenvalue weighted by Crippen LogP contribution is 2.19.